The van der Waals surface area contributed by atoms with Gasteiger partial charge >= 0.3 is 5.88 Å². The largest absolute Gasteiger partial charge is 0.441 e. The average molecular weight is 489 g/mol. The highest BCUT2D eigenvalue weighted by Crippen LogP contribution is 2.21. The maximum Gasteiger partial charge on any atom is 0.368 e. The number of hydrogen-bond donors (Lipinski definition) is 0. The van der Waals surface area contributed by atoms with Crippen molar-refractivity contribution in [1.82, 2.24) is 0 Å². The molecule has 0 amide bonds. The third-order valence-corrected chi connectivity index (χ3v) is 7.38. The molecule has 0 radical (unpaired) electrons. The summed E-state index contributed by atoms with van der Waals surface area (Å²) >= 11 is 0. The maximum absolute atomic E-state index is 6.78. The van der Waals surface area contributed by atoms with E-state index in [4.69, 9.17) is 4.74 Å². The van der Waals surface area contributed by atoms with E-state index in [9.17, 15) is 0 Å². The first-order valence-electron chi connectivity index (χ1n) is 14.9. The number of pyridine rings is 1. The van der Waals surface area contributed by atoms with Crippen LogP contribution in [0.3, 0.4) is 0 Å². The van der Waals surface area contributed by atoms with Gasteiger partial charge < -0.3 is 4.74 Å². The summed E-state index contributed by atoms with van der Waals surface area (Å²) in [5.74, 6) is 1.00. The molecule has 1 aromatic heterocycles. The van der Waals surface area contributed by atoms with Crippen molar-refractivity contribution in [2.75, 3.05) is 0 Å². The summed E-state index contributed by atoms with van der Waals surface area (Å²) < 4.78 is 9.15. The van der Waals surface area contributed by atoms with Gasteiger partial charge in [0.1, 0.15) is 6.10 Å². The predicted molar refractivity (Wildman–Crippen MR) is 155 cm³/mol. The zero-order valence-corrected chi connectivity index (χ0v) is 23.1. The lowest BCUT2D eigenvalue weighted by molar-refractivity contribution is -0.669. The molecule has 1 heterocycles. The Balaban J connectivity index is 1.54. The van der Waals surface area contributed by atoms with Crippen molar-refractivity contribution in [3.05, 3.63) is 72.3 Å². The number of unbranched alkanes of at least 4 members (excludes halogenated alkanes) is 11. The zero-order chi connectivity index (χ0) is 25.3. The fourth-order valence-electron chi connectivity index (χ4n) is 5.18. The predicted octanol–water partition coefficient (Wildman–Crippen LogP) is 9.81. The molecule has 196 valence electrons. The Hall–Kier alpha value is -2.35. The first kappa shape index (κ1) is 28.2. The number of aromatic nitrogens is 1. The van der Waals surface area contributed by atoms with Crippen molar-refractivity contribution in [3.63, 3.8) is 0 Å². The normalized spacial score (nSPS) is 12.2. The molecule has 1 unspecified atom stereocenters. The quantitative estimate of drug-likeness (QED) is 0.121. The summed E-state index contributed by atoms with van der Waals surface area (Å²) in [7, 11) is 0. The van der Waals surface area contributed by atoms with E-state index in [0.29, 0.717) is 6.10 Å². The first-order valence-corrected chi connectivity index (χ1v) is 14.9. The van der Waals surface area contributed by atoms with Crippen molar-refractivity contribution in [3.8, 4) is 5.88 Å². The lowest BCUT2D eigenvalue weighted by Crippen LogP contribution is -2.39. The van der Waals surface area contributed by atoms with Crippen LogP contribution in [0.2, 0.25) is 0 Å². The van der Waals surface area contributed by atoms with E-state index in [0.717, 1.165) is 25.3 Å². The van der Waals surface area contributed by atoms with Crippen LogP contribution in [-0.4, -0.2) is 6.10 Å². The second kappa shape index (κ2) is 17.2. The van der Waals surface area contributed by atoms with E-state index < -0.39 is 0 Å². The van der Waals surface area contributed by atoms with Gasteiger partial charge in [0.25, 0.3) is 0 Å². The second-order valence-electron chi connectivity index (χ2n) is 10.5. The highest BCUT2D eigenvalue weighted by Gasteiger charge is 2.21. The summed E-state index contributed by atoms with van der Waals surface area (Å²) in [6.07, 6.45) is 20.3. The molecule has 3 aromatic rings. The van der Waals surface area contributed by atoms with Crippen LogP contribution in [0.15, 0.2) is 66.7 Å². The highest BCUT2D eigenvalue weighted by atomic mass is 16.5. The summed E-state index contributed by atoms with van der Waals surface area (Å²) in [5.41, 5.74) is 2.54. The monoisotopic (exact) mass is 488 g/mol. The van der Waals surface area contributed by atoms with E-state index in [1.165, 1.54) is 99.9 Å². The number of fused-ring (bicyclic) bond motifs is 1. The molecular formula is C34H50NO+. The van der Waals surface area contributed by atoms with Crippen LogP contribution in [0.25, 0.3) is 10.9 Å². The zero-order valence-electron chi connectivity index (χ0n) is 23.1. The molecule has 0 N–H and O–H groups in total. The summed E-state index contributed by atoms with van der Waals surface area (Å²) in [5, 5.41) is 1.26. The van der Waals surface area contributed by atoms with Crippen LogP contribution >= 0.6 is 0 Å². The Morgan fingerprint density at radius 1 is 0.583 bits per heavy atom. The van der Waals surface area contributed by atoms with Gasteiger partial charge in [-0.3, -0.25) is 0 Å². The molecule has 2 heteroatoms. The van der Waals surface area contributed by atoms with Gasteiger partial charge in [-0.1, -0.05) is 133 Å². The molecule has 0 aliphatic heterocycles. The van der Waals surface area contributed by atoms with Crippen molar-refractivity contribution in [2.45, 2.75) is 123 Å². The molecular weight excluding hydrogens is 438 g/mol. The standard InChI is InChI=1S/C34H50NO/c1-3-5-7-8-9-10-11-12-13-14-18-25-32(24-6-4-2)36-34-28-27-31-23-19-20-26-33(31)35(34)29-30-21-16-15-17-22-30/h15-17,19-23,26-28,32H,3-14,18,24-25,29H2,1-2H3/q+1. The number of hydrogen-bond acceptors (Lipinski definition) is 1. The van der Waals surface area contributed by atoms with Gasteiger partial charge in [-0.05, 0) is 31.4 Å². The van der Waals surface area contributed by atoms with Gasteiger partial charge in [0.15, 0.2) is 6.54 Å². The number of ether oxygens (including phenoxy) is 1. The number of para-hydroxylation sites is 1. The Labute approximate surface area is 221 Å². The molecule has 0 aliphatic rings. The van der Waals surface area contributed by atoms with E-state index in [1.807, 2.05) is 0 Å². The second-order valence-corrected chi connectivity index (χ2v) is 10.5. The minimum absolute atomic E-state index is 0.298. The molecule has 0 saturated carbocycles. The first-order chi connectivity index (χ1) is 17.8. The number of rotatable bonds is 19. The Kier molecular flexibility index (Phi) is 13.5. The van der Waals surface area contributed by atoms with E-state index in [1.54, 1.807) is 0 Å². The summed E-state index contributed by atoms with van der Waals surface area (Å²) in [4.78, 5) is 0. The number of benzene rings is 2. The fourth-order valence-corrected chi connectivity index (χ4v) is 5.18. The highest BCUT2D eigenvalue weighted by molar-refractivity contribution is 5.75. The Morgan fingerprint density at radius 2 is 1.17 bits per heavy atom. The van der Waals surface area contributed by atoms with Gasteiger partial charge in [0, 0.05) is 17.0 Å². The van der Waals surface area contributed by atoms with Crippen LogP contribution in [0.5, 0.6) is 5.88 Å². The van der Waals surface area contributed by atoms with Crippen LogP contribution in [-0.2, 0) is 6.54 Å². The molecule has 3 rings (SSSR count). The van der Waals surface area contributed by atoms with Crippen LogP contribution in [0.4, 0.5) is 0 Å². The number of nitrogens with zero attached hydrogens (tertiary/aromatic N) is 1. The third-order valence-electron chi connectivity index (χ3n) is 7.38. The third kappa shape index (κ3) is 9.96. The van der Waals surface area contributed by atoms with Crippen LogP contribution < -0.4 is 9.30 Å². The summed E-state index contributed by atoms with van der Waals surface area (Å²) in [6, 6.07) is 23.8. The minimum atomic E-state index is 0.298. The SMILES string of the molecule is CCCCCCCCCCCCCC(CCCC)Oc1ccc2ccccc2[n+]1Cc1ccccc1. The van der Waals surface area contributed by atoms with Gasteiger partial charge in [-0.2, -0.15) is 4.57 Å². The molecule has 1 atom stereocenters. The maximum atomic E-state index is 6.78. The summed E-state index contributed by atoms with van der Waals surface area (Å²) in [6.45, 7) is 5.41. The minimum Gasteiger partial charge on any atom is -0.441 e. The smallest absolute Gasteiger partial charge is 0.368 e. The van der Waals surface area contributed by atoms with Crippen molar-refractivity contribution in [2.24, 2.45) is 0 Å². The Bertz CT molecular complexity index is 967. The molecule has 0 fully saturated rings. The average Bonchev–Trinajstić information content (AvgIpc) is 2.92. The Morgan fingerprint density at radius 3 is 1.86 bits per heavy atom. The van der Waals surface area contributed by atoms with Gasteiger partial charge in [0.05, 0.1) is 6.07 Å². The molecule has 0 spiro atoms. The molecule has 2 aromatic carbocycles. The molecule has 0 saturated heterocycles. The molecule has 2 nitrogen and oxygen atoms in total. The topological polar surface area (TPSA) is 13.1 Å². The van der Waals surface area contributed by atoms with E-state index >= 15 is 0 Å². The van der Waals surface area contributed by atoms with Crippen LogP contribution in [0, 0.1) is 0 Å². The fraction of sp³-hybridized carbons (Fsp3) is 0.559. The molecule has 0 bridgehead atoms. The molecule has 36 heavy (non-hydrogen) atoms. The molecule has 0 aliphatic carbocycles. The lowest BCUT2D eigenvalue weighted by Gasteiger charge is -2.18. The van der Waals surface area contributed by atoms with E-state index in [2.05, 4.69) is 85.1 Å². The van der Waals surface area contributed by atoms with Crippen LogP contribution in [0.1, 0.15) is 116 Å². The van der Waals surface area contributed by atoms with Crippen molar-refractivity contribution >= 4 is 10.9 Å². The van der Waals surface area contributed by atoms with Gasteiger partial charge in [0.2, 0.25) is 5.52 Å². The van der Waals surface area contributed by atoms with Crippen molar-refractivity contribution in [1.29, 1.82) is 0 Å². The van der Waals surface area contributed by atoms with Crippen molar-refractivity contribution < 1.29 is 9.30 Å². The van der Waals surface area contributed by atoms with Gasteiger partial charge in [-0.15, -0.1) is 0 Å². The lowest BCUT2D eigenvalue weighted by atomic mass is 10.0. The van der Waals surface area contributed by atoms with E-state index in [-0.39, 0.29) is 0 Å². The van der Waals surface area contributed by atoms with Gasteiger partial charge in [-0.25, -0.2) is 0 Å².